The normalized spacial score (nSPS) is 11.1. The zero-order chi connectivity index (χ0) is 23.7. The predicted octanol–water partition coefficient (Wildman–Crippen LogP) is 3.94. The maximum atomic E-state index is 13.0. The molecule has 2 aromatic carbocycles. The molecule has 0 aliphatic rings. The number of rotatable bonds is 6. The van der Waals surface area contributed by atoms with Crippen LogP contribution < -0.4 is 15.6 Å². The molecule has 8 nitrogen and oxygen atoms in total. The first kappa shape index (κ1) is 22.8. The fourth-order valence-electron chi connectivity index (χ4n) is 3.61. The van der Waals surface area contributed by atoms with Gasteiger partial charge in [0.2, 0.25) is 0 Å². The van der Waals surface area contributed by atoms with Gasteiger partial charge in [-0.05, 0) is 36.2 Å². The van der Waals surface area contributed by atoms with Gasteiger partial charge in [-0.1, -0.05) is 42.3 Å². The molecule has 0 saturated heterocycles. The number of fused-ring (bicyclic) bond motifs is 1. The molecule has 10 heteroatoms. The minimum Gasteiger partial charge on any atom is -0.497 e. The number of hydrogen-bond acceptors (Lipinski definition) is 5. The first-order valence-corrected chi connectivity index (χ1v) is 11.0. The van der Waals surface area contributed by atoms with Crippen LogP contribution in [-0.4, -0.2) is 39.8 Å². The fraction of sp³-hybridized carbons (Fsp3) is 0.217. The summed E-state index contributed by atoms with van der Waals surface area (Å²) in [7, 11) is 3.12. The minimum atomic E-state index is -0.318. The van der Waals surface area contributed by atoms with E-state index in [2.05, 4.69) is 15.4 Å². The van der Waals surface area contributed by atoms with Crippen molar-refractivity contribution in [2.45, 2.75) is 19.8 Å². The number of aromatic amines is 1. The summed E-state index contributed by atoms with van der Waals surface area (Å²) in [6.07, 6.45) is 0.913. The number of hydrogen-bond donors (Lipinski definition) is 2. The van der Waals surface area contributed by atoms with E-state index >= 15 is 0 Å². The maximum Gasteiger partial charge on any atom is 0.262 e. The van der Waals surface area contributed by atoms with E-state index in [0.717, 1.165) is 11.3 Å². The maximum absolute atomic E-state index is 13.0. The van der Waals surface area contributed by atoms with Crippen LogP contribution in [0.2, 0.25) is 10.0 Å². The molecule has 33 heavy (non-hydrogen) atoms. The molecule has 0 aliphatic heterocycles. The number of ether oxygens (including phenoxy) is 1. The molecule has 0 unspecified atom stereocenters. The van der Waals surface area contributed by atoms with Crippen LogP contribution in [0.1, 0.15) is 34.4 Å². The van der Waals surface area contributed by atoms with Gasteiger partial charge in [0.05, 0.1) is 22.8 Å². The number of nitrogens with one attached hydrogen (secondary N) is 2. The highest BCUT2D eigenvalue weighted by molar-refractivity contribution is 6.38. The number of carbonyl (C=O) groups excluding carboxylic acids is 1. The Hall–Kier alpha value is -3.36. The quantitative estimate of drug-likeness (QED) is 0.430. The van der Waals surface area contributed by atoms with Crippen molar-refractivity contribution in [2.24, 2.45) is 0 Å². The molecule has 170 valence electrons. The zero-order valence-corrected chi connectivity index (χ0v) is 19.7. The zero-order valence-electron chi connectivity index (χ0n) is 18.2. The van der Waals surface area contributed by atoms with Crippen LogP contribution >= 0.6 is 23.2 Å². The van der Waals surface area contributed by atoms with Gasteiger partial charge in [0.25, 0.3) is 11.5 Å². The molecule has 0 bridgehead atoms. The van der Waals surface area contributed by atoms with E-state index in [-0.39, 0.29) is 21.5 Å². The van der Waals surface area contributed by atoms with Gasteiger partial charge < -0.3 is 15.0 Å². The van der Waals surface area contributed by atoms with Crippen molar-refractivity contribution in [3.63, 3.8) is 0 Å². The highest BCUT2D eigenvalue weighted by atomic mass is 35.5. The third-order valence-electron chi connectivity index (χ3n) is 5.24. The second-order valence-electron chi connectivity index (χ2n) is 7.32. The molecule has 0 saturated carbocycles. The lowest BCUT2D eigenvalue weighted by Gasteiger charge is -2.11. The van der Waals surface area contributed by atoms with E-state index in [4.69, 9.17) is 32.9 Å². The van der Waals surface area contributed by atoms with Gasteiger partial charge in [-0.3, -0.25) is 9.59 Å². The van der Waals surface area contributed by atoms with Gasteiger partial charge in [0.15, 0.2) is 5.65 Å². The first-order valence-electron chi connectivity index (χ1n) is 10.2. The van der Waals surface area contributed by atoms with Gasteiger partial charge >= 0.3 is 0 Å². The Morgan fingerprint density at radius 3 is 2.42 bits per heavy atom. The topological polar surface area (TPSA) is 102 Å². The van der Waals surface area contributed by atoms with E-state index in [9.17, 15) is 9.59 Å². The summed E-state index contributed by atoms with van der Waals surface area (Å²) < 4.78 is 6.67. The van der Waals surface area contributed by atoms with Gasteiger partial charge in [-0.2, -0.15) is 5.10 Å². The SMILES string of the molecule is CCc1nn(-c2c(Cl)cc(C(=O)NC)cc2Cl)c2nc(Cc3ccc(OC)cc3)[nH]c(=O)c12. The summed E-state index contributed by atoms with van der Waals surface area (Å²) in [5, 5.41) is 7.92. The van der Waals surface area contributed by atoms with E-state index in [1.807, 2.05) is 31.2 Å². The van der Waals surface area contributed by atoms with Gasteiger partial charge in [0, 0.05) is 19.0 Å². The Morgan fingerprint density at radius 2 is 1.85 bits per heavy atom. The summed E-state index contributed by atoms with van der Waals surface area (Å²) in [6, 6.07) is 10.5. The molecule has 2 aromatic heterocycles. The second kappa shape index (κ2) is 9.25. The molecule has 1 amide bonds. The van der Waals surface area contributed by atoms with Gasteiger partial charge in [-0.25, -0.2) is 9.67 Å². The van der Waals surface area contributed by atoms with Crippen LogP contribution in [-0.2, 0) is 12.8 Å². The van der Waals surface area contributed by atoms with E-state index < -0.39 is 0 Å². The molecule has 0 radical (unpaired) electrons. The molecular weight excluding hydrogens is 465 g/mol. The monoisotopic (exact) mass is 485 g/mol. The lowest BCUT2D eigenvalue weighted by molar-refractivity contribution is 0.0963. The molecule has 4 rings (SSSR count). The molecule has 0 spiro atoms. The van der Waals surface area contributed by atoms with Crippen LogP contribution in [0.3, 0.4) is 0 Å². The highest BCUT2D eigenvalue weighted by Crippen LogP contribution is 2.32. The van der Waals surface area contributed by atoms with Crippen LogP contribution in [0.5, 0.6) is 5.75 Å². The van der Waals surface area contributed by atoms with Crippen molar-refractivity contribution in [3.05, 3.63) is 79.4 Å². The average Bonchev–Trinajstić information content (AvgIpc) is 3.17. The Labute approximate surface area is 199 Å². The number of amides is 1. The summed E-state index contributed by atoms with van der Waals surface area (Å²) in [5.74, 6) is 0.891. The fourth-order valence-corrected chi connectivity index (χ4v) is 4.25. The number of aryl methyl sites for hydroxylation is 1. The standard InChI is InChI=1S/C23H21Cl2N5O3/c1-4-17-19-21(27-18(28-23(19)32)9-12-5-7-14(33-3)8-6-12)30(29-17)20-15(24)10-13(11-16(20)25)22(31)26-2/h5-8,10-11H,4,9H2,1-3H3,(H,26,31)(H,27,28,32). The van der Waals surface area contributed by atoms with Crippen molar-refractivity contribution in [1.82, 2.24) is 25.1 Å². The third-order valence-corrected chi connectivity index (χ3v) is 5.82. The Balaban J connectivity index is 1.87. The van der Waals surface area contributed by atoms with Crippen LogP contribution in [0.15, 0.2) is 41.2 Å². The molecule has 2 N–H and O–H groups in total. The number of aromatic nitrogens is 4. The Bertz CT molecular complexity index is 1390. The lowest BCUT2D eigenvalue weighted by atomic mass is 10.1. The van der Waals surface area contributed by atoms with Crippen LogP contribution in [0, 0.1) is 0 Å². The number of methoxy groups -OCH3 is 1. The first-order chi connectivity index (χ1) is 15.9. The number of H-pyrrole nitrogens is 1. The van der Waals surface area contributed by atoms with E-state index in [1.54, 1.807) is 7.11 Å². The number of nitrogens with zero attached hydrogens (tertiary/aromatic N) is 3. The van der Waals surface area contributed by atoms with Crippen molar-refractivity contribution >= 4 is 40.1 Å². The molecule has 0 aliphatic carbocycles. The number of carbonyl (C=O) groups is 1. The highest BCUT2D eigenvalue weighted by Gasteiger charge is 2.21. The number of halogens is 2. The van der Waals surface area contributed by atoms with Gasteiger partial charge in [0.1, 0.15) is 22.6 Å². The summed E-state index contributed by atoms with van der Waals surface area (Å²) in [6.45, 7) is 1.90. The number of benzene rings is 2. The third kappa shape index (κ3) is 4.31. The van der Waals surface area contributed by atoms with Crippen LogP contribution in [0.25, 0.3) is 16.7 Å². The predicted molar refractivity (Wildman–Crippen MR) is 128 cm³/mol. The largest absolute Gasteiger partial charge is 0.497 e. The smallest absolute Gasteiger partial charge is 0.262 e. The lowest BCUT2D eigenvalue weighted by Crippen LogP contribution is -2.18. The van der Waals surface area contributed by atoms with Gasteiger partial charge in [-0.15, -0.1) is 0 Å². The Morgan fingerprint density at radius 1 is 1.18 bits per heavy atom. The second-order valence-corrected chi connectivity index (χ2v) is 8.13. The Kier molecular flexibility index (Phi) is 6.40. The summed E-state index contributed by atoms with van der Waals surface area (Å²) >= 11 is 13.0. The van der Waals surface area contributed by atoms with Crippen molar-refractivity contribution < 1.29 is 9.53 Å². The van der Waals surface area contributed by atoms with Crippen LogP contribution in [0.4, 0.5) is 0 Å². The summed E-state index contributed by atoms with van der Waals surface area (Å²) in [5.41, 5.74) is 2.23. The van der Waals surface area contributed by atoms with E-state index in [1.165, 1.54) is 23.9 Å². The molecule has 0 atom stereocenters. The van der Waals surface area contributed by atoms with E-state index in [0.29, 0.717) is 46.6 Å². The molecule has 0 fully saturated rings. The molecular formula is C23H21Cl2N5O3. The minimum absolute atomic E-state index is 0.215. The van der Waals surface area contributed by atoms with Crippen molar-refractivity contribution in [1.29, 1.82) is 0 Å². The van der Waals surface area contributed by atoms with Crippen molar-refractivity contribution in [3.8, 4) is 11.4 Å². The molecule has 2 heterocycles. The molecule has 4 aromatic rings. The van der Waals surface area contributed by atoms with Crippen molar-refractivity contribution in [2.75, 3.05) is 14.2 Å². The summed E-state index contributed by atoms with van der Waals surface area (Å²) in [4.78, 5) is 32.5. The average molecular weight is 486 g/mol.